The zero-order valence-corrected chi connectivity index (χ0v) is 10.1. The number of anilines is 1. The summed E-state index contributed by atoms with van der Waals surface area (Å²) >= 11 is 0. The van der Waals surface area contributed by atoms with Crippen molar-refractivity contribution in [3.05, 3.63) is 42.5 Å². The van der Waals surface area contributed by atoms with E-state index in [2.05, 4.69) is 11.9 Å². The summed E-state index contributed by atoms with van der Waals surface area (Å²) in [5.41, 5.74) is 1.59. The molecule has 0 aliphatic carbocycles. The molecule has 0 aliphatic rings. The highest BCUT2D eigenvalue weighted by molar-refractivity contribution is 5.99. The van der Waals surface area contributed by atoms with E-state index in [1.165, 1.54) is 13.0 Å². The maximum Gasteiger partial charge on any atom is 0.247 e. The molecule has 0 saturated carbocycles. The van der Waals surface area contributed by atoms with Crippen LogP contribution in [0.1, 0.15) is 12.5 Å². The Morgan fingerprint density at radius 1 is 1.41 bits per heavy atom. The van der Waals surface area contributed by atoms with E-state index in [9.17, 15) is 9.59 Å². The highest BCUT2D eigenvalue weighted by Crippen LogP contribution is 2.16. The van der Waals surface area contributed by atoms with Crippen LogP contribution >= 0.6 is 0 Å². The lowest BCUT2D eigenvalue weighted by atomic mass is 10.1. The van der Waals surface area contributed by atoms with Crippen molar-refractivity contribution in [2.45, 2.75) is 13.5 Å². The van der Waals surface area contributed by atoms with Gasteiger partial charge in [0.1, 0.15) is 0 Å². The van der Waals surface area contributed by atoms with Crippen molar-refractivity contribution in [2.24, 2.45) is 0 Å². The number of carbonyl (C=O) groups excluding carboxylic acids is 2. The number of benzene rings is 1. The van der Waals surface area contributed by atoms with E-state index in [1.807, 2.05) is 18.2 Å². The van der Waals surface area contributed by atoms with Crippen LogP contribution < -0.4 is 5.32 Å². The first kappa shape index (κ1) is 13.0. The smallest absolute Gasteiger partial charge is 0.247 e. The lowest BCUT2D eigenvalue weighted by Gasteiger charge is -2.17. The highest BCUT2D eigenvalue weighted by Gasteiger charge is 2.08. The zero-order chi connectivity index (χ0) is 12.8. The van der Waals surface area contributed by atoms with E-state index < -0.39 is 0 Å². The third-order valence-electron chi connectivity index (χ3n) is 2.41. The van der Waals surface area contributed by atoms with Gasteiger partial charge in [0, 0.05) is 26.2 Å². The molecule has 1 aromatic rings. The molecule has 0 radical (unpaired) electrons. The van der Waals surface area contributed by atoms with Crippen LogP contribution in [0, 0.1) is 0 Å². The number of amides is 2. The molecular formula is C13H16N2O2. The largest absolute Gasteiger partial charge is 0.342 e. The topological polar surface area (TPSA) is 49.4 Å². The van der Waals surface area contributed by atoms with Crippen LogP contribution in [0.25, 0.3) is 0 Å². The molecule has 17 heavy (non-hydrogen) atoms. The average Bonchev–Trinajstić information content (AvgIpc) is 2.31. The SMILES string of the molecule is C=CC(=O)Nc1ccccc1CN(C)C(C)=O. The second kappa shape index (κ2) is 5.84. The number of hydrogen-bond acceptors (Lipinski definition) is 2. The molecular weight excluding hydrogens is 216 g/mol. The van der Waals surface area contributed by atoms with Gasteiger partial charge in [0.05, 0.1) is 0 Å². The van der Waals surface area contributed by atoms with Gasteiger partial charge < -0.3 is 10.2 Å². The number of hydrogen-bond donors (Lipinski definition) is 1. The molecule has 0 fully saturated rings. The Hall–Kier alpha value is -2.10. The molecule has 0 aliphatic heterocycles. The summed E-state index contributed by atoms with van der Waals surface area (Å²) < 4.78 is 0. The standard InChI is InChI=1S/C13H16N2O2/c1-4-13(17)14-12-8-6-5-7-11(12)9-15(3)10(2)16/h4-8H,1,9H2,2-3H3,(H,14,17). The van der Waals surface area contributed by atoms with E-state index >= 15 is 0 Å². The van der Waals surface area contributed by atoms with Crippen LogP contribution in [0.15, 0.2) is 36.9 Å². The Balaban J connectivity index is 2.87. The van der Waals surface area contributed by atoms with Crippen molar-refractivity contribution < 1.29 is 9.59 Å². The number of carbonyl (C=O) groups is 2. The molecule has 1 aromatic carbocycles. The van der Waals surface area contributed by atoms with Gasteiger partial charge in [-0.3, -0.25) is 9.59 Å². The minimum atomic E-state index is -0.261. The molecule has 0 unspecified atom stereocenters. The maximum atomic E-state index is 11.2. The Morgan fingerprint density at radius 2 is 2.06 bits per heavy atom. The van der Waals surface area contributed by atoms with Gasteiger partial charge in [-0.25, -0.2) is 0 Å². The number of rotatable bonds is 4. The fourth-order valence-corrected chi connectivity index (χ4v) is 1.33. The van der Waals surface area contributed by atoms with Crippen LogP contribution in [-0.2, 0) is 16.1 Å². The van der Waals surface area contributed by atoms with Gasteiger partial charge >= 0.3 is 0 Å². The van der Waals surface area contributed by atoms with Gasteiger partial charge in [-0.2, -0.15) is 0 Å². The molecule has 4 nitrogen and oxygen atoms in total. The molecule has 4 heteroatoms. The number of nitrogens with one attached hydrogen (secondary N) is 1. The van der Waals surface area contributed by atoms with Crippen LogP contribution in [0.2, 0.25) is 0 Å². The fraction of sp³-hybridized carbons (Fsp3) is 0.231. The van der Waals surface area contributed by atoms with Crippen LogP contribution in [0.5, 0.6) is 0 Å². The minimum Gasteiger partial charge on any atom is -0.342 e. The van der Waals surface area contributed by atoms with E-state index in [0.29, 0.717) is 12.2 Å². The number of nitrogens with zero attached hydrogens (tertiary/aromatic N) is 1. The molecule has 0 saturated heterocycles. The van der Waals surface area contributed by atoms with E-state index in [1.54, 1.807) is 18.0 Å². The quantitative estimate of drug-likeness (QED) is 0.804. The first-order valence-corrected chi connectivity index (χ1v) is 5.27. The summed E-state index contributed by atoms with van der Waals surface area (Å²) in [6, 6.07) is 7.37. The Bertz CT molecular complexity index is 441. The summed E-state index contributed by atoms with van der Waals surface area (Å²) in [5.74, 6) is -0.280. The first-order valence-electron chi connectivity index (χ1n) is 5.27. The van der Waals surface area contributed by atoms with Crippen molar-refractivity contribution in [3.8, 4) is 0 Å². The third kappa shape index (κ3) is 3.75. The summed E-state index contributed by atoms with van der Waals surface area (Å²) in [5, 5.41) is 2.71. The summed E-state index contributed by atoms with van der Waals surface area (Å²) in [6.07, 6.45) is 1.21. The van der Waals surface area contributed by atoms with E-state index in [0.717, 1.165) is 5.56 Å². The predicted molar refractivity (Wildman–Crippen MR) is 67.4 cm³/mol. The maximum absolute atomic E-state index is 11.2. The first-order chi connectivity index (χ1) is 8.04. The Kier molecular flexibility index (Phi) is 4.46. The summed E-state index contributed by atoms with van der Waals surface area (Å²) in [6.45, 7) is 5.37. The van der Waals surface area contributed by atoms with E-state index in [-0.39, 0.29) is 11.8 Å². The Morgan fingerprint density at radius 3 is 2.65 bits per heavy atom. The average molecular weight is 232 g/mol. The van der Waals surface area contributed by atoms with Gasteiger partial charge in [0.25, 0.3) is 0 Å². The molecule has 0 aromatic heterocycles. The fourth-order valence-electron chi connectivity index (χ4n) is 1.33. The molecule has 1 rings (SSSR count). The normalized spacial score (nSPS) is 9.53. The monoisotopic (exact) mass is 232 g/mol. The molecule has 0 atom stereocenters. The lowest BCUT2D eigenvalue weighted by Crippen LogP contribution is -2.24. The van der Waals surface area contributed by atoms with Crippen molar-refractivity contribution in [3.63, 3.8) is 0 Å². The second-order valence-corrected chi connectivity index (χ2v) is 3.73. The van der Waals surface area contributed by atoms with Gasteiger partial charge in [-0.05, 0) is 17.7 Å². The molecule has 0 spiro atoms. The van der Waals surface area contributed by atoms with E-state index in [4.69, 9.17) is 0 Å². The summed E-state index contributed by atoms with van der Waals surface area (Å²) in [7, 11) is 1.72. The van der Waals surface area contributed by atoms with Crippen LogP contribution in [0.3, 0.4) is 0 Å². The predicted octanol–water partition coefficient (Wildman–Crippen LogP) is 1.79. The Labute approximate surface area is 101 Å². The second-order valence-electron chi connectivity index (χ2n) is 3.73. The van der Waals surface area contributed by atoms with Gasteiger partial charge in [-0.15, -0.1) is 0 Å². The molecule has 2 amide bonds. The van der Waals surface area contributed by atoms with Crippen LogP contribution in [0.4, 0.5) is 5.69 Å². The third-order valence-corrected chi connectivity index (χ3v) is 2.41. The lowest BCUT2D eigenvalue weighted by molar-refractivity contribution is -0.128. The summed E-state index contributed by atoms with van der Waals surface area (Å²) in [4.78, 5) is 24.0. The highest BCUT2D eigenvalue weighted by atomic mass is 16.2. The van der Waals surface area contributed by atoms with Crippen molar-refractivity contribution in [1.82, 2.24) is 4.90 Å². The van der Waals surface area contributed by atoms with Crippen LogP contribution in [-0.4, -0.2) is 23.8 Å². The number of para-hydroxylation sites is 1. The molecule has 1 N–H and O–H groups in total. The van der Waals surface area contributed by atoms with Gasteiger partial charge in [0.15, 0.2) is 0 Å². The van der Waals surface area contributed by atoms with Gasteiger partial charge in [-0.1, -0.05) is 24.8 Å². The van der Waals surface area contributed by atoms with Gasteiger partial charge in [0.2, 0.25) is 11.8 Å². The minimum absolute atomic E-state index is 0.0187. The molecule has 90 valence electrons. The van der Waals surface area contributed by atoms with Crippen molar-refractivity contribution in [2.75, 3.05) is 12.4 Å². The molecule has 0 heterocycles. The zero-order valence-electron chi connectivity index (χ0n) is 10.1. The molecule has 0 bridgehead atoms. The van der Waals surface area contributed by atoms with Crippen molar-refractivity contribution >= 4 is 17.5 Å². The van der Waals surface area contributed by atoms with Crippen molar-refractivity contribution in [1.29, 1.82) is 0 Å².